The first kappa shape index (κ1) is 14.4. The molecule has 0 atom stereocenters. The fourth-order valence-corrected chi connectivity index (χ4v) is 1.35. The molecule has 0 aliphatic carbocycles. The minimum absolute atomic E-state index is 0.0463. The van der Waals surface area contributed by atoms with Crippen molar-refractivity contribution in [2.24, 2.45) is 0 Å². The van der Waals surface area contributed by atoms with Gasteiger partial charge in [0.05, 0.1) is 13.0 Å². The number of hydrogen-bond donors (Lipinski definition) is 2. The van der Waals surface area contributed by atoms with E-state index in [1.165, 1.54) is 12.1 Å². The maximum atomic E-state index is 12.6. The van der Waals surface area contributed by atoms with E-state index in [1.807, 2.05) is 6.92 Å². The van der Waals surface area contributed by atoms with Crippen LogP contribution >= 0.6 is 0 Å². The molecule has 2 N–H and O–H groups in total. The molecular weight excluding hydrogens is 235 g/mol. The molecule has 0 aliphatic rings. The maximum Gasteiger partial charge on any atom is 0.223 e. The molecular formula is C13H19FN2O2. The predicted molar refractivity (Wildman–Crippen MR) is 68.1 cm³/mol. The lowest BCUT2D eigenvalue weighted by atomic mass is 10.3. The number of benzene rings is 1. The molecule has 100 valence electrons. The van der Waals surface area contributed by atoms with Gasteiger partial charge in [0.25, 0.3) is 0 Å². The lowest BCUT2D eigenvalue weighted by Gasteiger charge is -2.07. The second kappa shape index (κ2) is 8.47. The molecule has 1 amide bonds. The summed E-state index contributed by atoms with van der Waals surface area (Å²) < 4.78 is 17.9. The minimum atomic E-state index is -0.302. The van der Waals surface area contributed by atoms with Crippen molar-refractivity contribution in [3.05, 3.63) is 30.1 Å². The summed E-state index contributed by atoms with van der Waals surface area (Å²) in [5.74, 6) is 0.218. The molecule has 0 saturated carbocycles. The van der Waals surface area contributed by atoms with Crippen LogP contribution in [0.5, 0.6) is 5.75 Å². The van der Waals surface area contributed by atoms with E-state index in [0.29, 0.717) is 25.3 Å². The number of amides is 1. The maximum absolute atomic E-state index is 12.6. The Kier molecular flexibility index (Phi) is 6.79. The molecule has 0 heterocycles. The zero-order chi connectivity index (χ0) is 13.2. The fraction of sp³-hybridized carbons (Fsp3) is 0.462. The summed E-state index contributed by atoms with van der Waals surface area (Å²) in [5, 5.41) is 5.88. The van der Waals surface area contributed by atoms with Crippen LogP contribution in [0.25, 0.3) is 0 Å². The minimum Gasteiger partial charge on any atom is -0.493 e. The van der Waals surface area contributed by atoms with Crippen molar-refractivity contribution in [2.75, 3.05) is 26.2 Å². The average molecular weight is 254 g/mol. The van der Waals surface area contributed by atoms with Gasteiger partial charge < -0.3 is 15.4 Å². The Hall–Kier alpha value is -1.62. The lowest BCUT2D eigenvalue weighted by Crippen LogP contribution is -2.32. The molecule has 4 nitrogen and oxygen atoms in total. The zero-order valence-corrected chi connectivity index (χ0v) is 10.5. The van der Waals surface area contributed by atoms with Gasteiger partial charge in [-0.25, -0.2) is 4.39 Å². The third-order valence-electron chi connectivity index (χ3n) is 2.29. The summed E-state index contributed by atoms with van der Waals surface area (Å²) in [6, 6.07) is 5.73. The second-order valence-corrected chi connectivity index (χ2v) is 3.76. The fourth-order valence-electron chi connectivity index (χ4n) is 1.35. The van der Waals surface area contributed by atoms with Gasteiger partial charge in [-0.2, -0.15) is 0 Å². The molecule has 1 aromatic carbocycles. The summed E-state index contributed by atoms with van der Waals surface area (Å²) >= 11 is 0. The van der Waals surface area contributed by atoms with Crippen molar-refractivity contribution >= 4 is 5.91 Å². The molecule has 5 heteroatoms. The van der Waals surface area contributed by atoms with Crippen molar-refractivity contribution < 1.29 is 13.9 Å². The highest BCUT2D eigenvalue weighted by Crippen LogP contribution is 2.10. The number of carbonyl (C=O) groups excluding carboxylic acids is 1. The predicted octanol–water partition coefficient (Wildman–Crippen LogP) is 1.32. The number of likely N-dealkylation sites (N-methyl/N-ethyl adjacent to an activating group) is 1. The van der Waals surface area contributed by atoms with E-state index in [-0.39, 0.29) is 11.7 Å². The number of ether oxygens (including phenoxy) is 1. The Morgan fingerprint density at radius 3 is 2.67 bits per heavy atom. The summed E-state index contributed by atoms with van der Waals surface area (Å²) in [5.41, 5.74) is 0. The van der Waals surface area contributed by atoms with Crippen LogP contribution in [0.3, 0.4) is 0 Å². The standard InChI is InChI=1S/C13H19FN2O2/c1-2-15-8-9-16-13(17)7-10-18-12-5-3-11(14)4-6-12/h3-6,15H,2,7-10H2,1H3,(H,16,17). The highest BCUT2D eigenvalue weighted by molar-refractivity contribution is 5.75. The van der Waals surface area contributed by atoms with E-state index < -0.39 is 0 Å². The summed E-state index contributed by atoms with van der Waals surface area (Å²) in [6.07, 6.45) is 0.295. The number of halogens is 1. The molecule has 0 saturated heterocycles. The number of rotatable bonds is 8. The van der Waals surface area contributed by atoms with Gasteiger partial charge in [-0.05, 0) is 30.8 Å². The van der Waals surface area contributed by atoms with Gasteiger partial charge in [-0.3, -0.25) is 4.79 Å². The van der Waals surface area contributed by atoms with Gasteiger partial charge in [0.2, 0.25) is 5.91 Å². The van der Waals surface area contributed by atoms with Gasteiger partial charge in [-0.1, -0.05) is 6.92 Å². The first-order chi connectivity index (χ1) is 8.72. The van der Waals surface area contributed by atoms with Gasteiger partial charge in [0.1, 0.15) is 11.6 Å². The Morgan fingerprint density at radius 1 is 1.28 bits per heavy atom. The van der Waals surface area contributed by atoms with E-state index in [0.717, 1.165) is 13.1 Å². The van der Waals surface area contributed by atoms with Crippen LogP contribution in [0.2, 0.25) is 0 Å². The molecule has 0 aromatic heterocycles. The molecule has 18 heavy (non-hydrogen) atoms. The van der Waals surface area contributed by atoms with Gasteiger partial charge >= 0.3 is 0 Å². The summed E-state index contributed by atoms with van der Waals surface area (Å²) in [7, 11) is 0. The quantitative estimate of drug-likeness (QED) is 0.688. The third kappa shape index (κ3) is 6.20. The SMILES string of the molecule is CCNCCNC(=O)CCOc1ccc(F)cc1. The largest absolute Gasteiger partial charge is 0.493 e. The van der Waals surface area contributed by atoms with Crippen molar-refractivity contribution in [1.29, 1.82) is 0 Å². The van der Waals surface area contributed by atoms with Crippen LogP contribution in [0, 0.1) is 5.82 Å². The van der Waals surface area contributed by atoms with Crippen LogP contribution in [-0.4, -0.2) is 32.1 Å². The Balaban J connectivity index is 2.10. The number of carbonyl (C=O) groups is 1. The topological polar surface area (TPSA) is 50.4 Å². The first-order valence-electron chi connectivity index (χ1n) is 6.08. The Morgan fingerprint density at radius 2 is 2.00 bits per heavy atom. The first-order valence-corrected chi connectivity index (χ1v) is 6.08. The van der Waals surface area contributed by atoms with Crippen LogP contribution in [0.15, 0.2) is 24.3 Å². The Labute approximate surface area is 107 Å². The van der Waals surface area contributed by atoms with E-state index in [4.69, 9.17) is 4.74 Å². The zero-order valence-electron chi connectivity index (χ0n) is 10.5. The van der Waals surface area contributed by atoms with Crippen molar-refractivity contribution in [2.45, 2.75) is 13.3 Å². The van der Waals surface area contributed by atoms with Gasteiger partial charge in [0, 0.05) is 13.1 Å². The molecule has 0 bridgehead atoms. The molecule has 0 radical (unpaired) electrons. The summed E-state index contributed by atoms with van der Waals surface area (Å²) in [6.45, 7) is 4.57. The lowest BCUT2D eigenvalue weighted by molar-refractivity contribution is -0.121. The second-order valence-electron chi connectivity index (χ2n) is 3.76. The molecule has 0 fully saturated rings. The van der Waals surface area contributed by atoms with E-state index in [1.54, 1.807) is 12.1 Å². The molecule has 1 rings (SSSR count). The van der Waals surface area contributed by atoms with Crippen LogP contribution < -0.4 is 15.4 Å². The average Bonchev–Trinajstić information content (AvgIpc) is 2.37. The highest BCUT2D eigenvalue weighted by Gasteiger charge is 2.01. The van der Waals surface area contributed by atoms with Crippen LogP contribution in [0.1, 0.15) is 13.3 Å². The third-order valence-corrected chi connectivity index (χ3v) is 2.29. The summed E-state index contributed by atoms with van der Waals surface area (Å²) in [4.78, 5) is 11.4. The molecule has 0 unspecified atom stereocenters. The Bertz CT molecular complexity index is 355. The van der Waals surface area contributed by atoms with Crippen LogP contribution in [0.4, 0.5) is 4.39 Å². The number of nitrogens with one attached hydrogen (secondary N) is 2. The molecule has 1 aromatic rings. The van der Waals surface area contributed by atoms with E-state index >= 15 is 0 Å². The van der Waals surface area contributed by atoms with Crippen molar-refractivity contribution in [3.63, 3.8) is 0 Å². The monoisotopic (exact) mass is 254 g/mol. The smallest absolute Gasteiger partial charge is 0.223 e. The normalized spacial score (nSPS) is 10.1. The van der Waals surface area contributed by atoms with Crippen molar-refractivity contribution in [1.82, 2.24) is 10.6 Å². The van der Waals surface area contributed by atoms with E-state index in [9.17, 15) is 9.18 Å². The van der Waals surface area contributed by atoms with Gasteiger partial charge in [-0.15, -0.1) is 0 Å². The number of hydrogen-bond acceptors (Lipinski definition) is 3. The van der Waals surface area contributed by atoms with Crippen LogP contribution in [-0.2, 0) is 4.79 Å². The van der Waals surface area contributed by atoms with Crippen molar-refractivity contribution in [3.8, 4) is 5.75 Å². The van der Waals surface area contributed by atoms with Gasteiger partial charge in [0.15, 0.2) is 0 Å². The van der Waals surface area contributed by atoms with E-state index in [2.05, 4.69) is 10.6 Å². The highest BCUT2D eigenvalue weighted by atomic mass is 19.1. The molecule has 0 spiro atoms. The molecule has 0 aliphatic heterocycles.